The second-order valence-electron chi connectivity index (χ2n) is 6.95. The predicted octanol–water partition coefficient (Wildman–Crippen LogP) is 3.82. The second-order valence-corrected chi connectivity index (χ2v) is 9.45. The summed E-state index contributed by atoms with van der Waals surface area (Å²) in [5.74, 6) is -0.208. The minimum atomic E-state index is -3.25. The number of rotatable bonds is 3. The molecule has 1 aromatic heterocycles. The van der Waals surface area contributed by atoms with Crippen LogP contribution in [0, 0.1) is 13.8 Å². The van der Waals surface area contributed by atoms with E-state index in [1.54, 1.807) is 35.0 Å². The van der Waals surface area contributed by atoms with Gasteiger partial charge in [-0.05, 0) is 61.4 Å². The first-order chi connectivity index (χ1) is 13.2. The Labute approximate surface area is 168 Å². The Morgan fingerprint density at radius 3 is 2.46 bits per heavy atom. The van der Waals surface area contributed by atoms with E-state index in [2.05, 4.69) is 10.4 Å². The number of nitrogens with zero attached hydrogens (tertiary/aromatic N) is 2. The van der Waals surface area contributed by atoms with Crippen molar-refractivity contribution in [1.82, 2.24) is 9.78 Å². The molecule has 4 rings (SSSR count). The van der Waals surface area contributed by atoms with Gasteiger partial charge in [-0.3, -0.25) is 4.79 Å². The van der Waals surface area contributed by atoms with Crippen molar-refractivity contribution in [3.8, 4) is 5.69 Å². The predicted molar refractivity (Wildman–Crippen MR) is 109 cm³/mol. The van der Waals surface area contributed by atoms with Crippen LogP contribution in [-0.4, -0.2) is 24.1 Å². The maximum atomic E-state index is 12.9. The molecule has 0 unspecified atom stereocenters. The SMILES string of the molecule is Cc1ccc(C(=O)Nc2c3c(nn2-c2ccc(Cl)cc2)CS(=O)(=O)C3)cc1C. The van der Waals surface area contributed by atoms with Crippen LogP contribution in [0.15, 0.2) is 42.5 Å². The van der Waals surface area contributed by atoms with E-state index in [0.29, 0.717) is 33.3 Å². The molecular weight excluding hydrogens is 398 g/mol. The highest BCUT2D eigenvalue weighted by atomic mass is 35.5. The molecule has 6 nitrogen and oxygen atoms in total. The zero-order chi connectivity index (χ0) is 20.1. The number of hydrogen-bond acceptors (Lipinski definition) is 4. The van der Waals surface area contributed by atoms with Crippen molar-refractivity contribution in [2.75, 3.05) is 5.32 Å². The zero-order valence-electron chi connectivity index (χ0n) is 15.4. The summed E-state index contributed by atoms with van der Waals surface area (Å²) in [6, 6.07) is 12.4. The summed E-state index contributed by atoms with van der Waals surface area (Å²) >= 11 is 5.96. The molecule has 0 fully saturated rings. The summed E-state index contributed by atoms with van der Waals surface area (Å²) in [6.45, 7) is 3.92. The van der Waals surface area contributed by atoms with Gasteiger partial charge in [-0.1, -0.05) is 17.7 Å². The fourth-order valence-corrected chi connectivity index (χ4v) is 4.82. The lowest BCUT2D eigenvalue weighted by atomic mass is 10.1. The summed E-state index contributed by atoms with van der Waals surface area (Å²) in [7, 11) is -3.25. The average molecular weight is 416 g/mol. The fourth-order valence-electron chi connectivity index (χ4n) is 3.20. The van der Waals surface area contributed by atoms with Crippen LogP contribution >= 0.6 is 11.6 Å². The smallest absolute Gasteiger partial charge is 0.256 e. The van der Waals surface area contributed by atoms with E-state index < -0.39 is 9.84 Å². The lowest BCUT2D eigenvalue weighted by molar-refractivity contribution is 0.102. The van der Waals surface area contributed by atoms with Crippen LogP contribution in [-0.2, 0) is 21.3 Å². The molecule has 0 saturated carbocycles. The zero-order valence-corrected chi connectivity index (χ0v) is 16.9. The van der Waals surface area contributed by atoms with Gasteiger partial charge in [-0.2, -0.15) is 5.10 Å². The Bertz CT molecular complexity index is 1200. The van der Waals surface area contributed by atoms with E-state index in [9.17, 15) is 13.2 Å². The molecule has 2 aromatic carbocycles. The van der Waals surface area contributed by atoms with E-state index in [4.69, 9.17) is 11.6 Å². The summed E-state index contributed by atoms with van der Waals surface area (Å²) in [5, 5.41) is 7.89. The van der Waals surface area contributed by atoms with Crippen molar-refractivity contribution in [2.24, 2.45) is 0 Å². The van der Waals surface area contributed by atoms with Gasteiger partial charge in [-0.15, -0.1) is 0 Å². The molecule has 28 heavy (non-hydrogen) atoms. The van der Waals surface area contributed by atoms with E-state index in [1.807, 2.05) is 26.0 Å². The van der Waals surface area contributed by atoms with Crippen molar-refractivity contribution in [3.05, 3.63) is 75.4 Å². The normalized spacial score (nSPS) is 14.7. The quantitative estimate of drug-likeness (QED) is 0.705. The number of anilines is 1. The Hall–Kier alpha value is -2.64. The Kier molecular flexibility index (Phi) is 4.51. The first-order valence-electron chi connectivity index (χ1n) is 8.69. The third-order valence-corrected chi connectivity index (χ3v) is 6.55. The lowest BCUT2D eigenvalue weighted by Gasteiger charge is -2.12. The minimum absolute atomic E-state index is 0.130. The molecule has 1 aliphatic heterocycles. The van der Waals surface area contributed by atoms with Gasteiger partial charge in [0.15, 0.2) is 9.84 Å². The van der Waals surface area contributed by atoms with Crippen molar-refractivity contribution >= 4 is 33.2 Å². The summed E-state index contributed by atoms with van der Waals surface area (Å²) < 4.78 is 25.7. The number of hydrogen-bond donors (Lipinski definition) is 1. The molecule has 0 aliphatic carbocycles. The van der Waals surface area contributed by atoms with Crippen LogP contribution in [0.25, 0.3) is 5.69 Å². The topological polar surface area (TPSA) is 81.1 Å². The van der Waals surface area contributed by atoms with E-state index in [-0.39, 0.29) is 17.4 Å². The molecule has 0 bridgehead atoms. The van der Waals surface area contributed by atoms with E-state index in [1.165, 1.54) is 0 Å². The Morgan fingerprint density at radius 2 is 1.79 bits per heavy atom. The Morgan fingerprint density at radius 1 is 1.07 bits per heavy atom. The van der Waals surface area contributed by atoms with Gasteiger partial charge in [0.1, 0.15) is 5.82 Å². The number of amides is 1. The number of aryl methyl sites for hydroxylation is 2. The standard InChI is InChI=1S/C20H18ClN3O3S/c1-12-3-4-14(9-13(12)2)20(25)22-19-17-10-28(26,27)11-18(17)23-24(19)16-7-5-15(21)6-8-16/h3-9H,10-11H2,1-2H3,(H,22,25). The monoisotopic (exact) mass is 415 g/mol. The highest BCUT2D eigenvalue weighted by Crippen LogP contribution is 2.33. The minimum Gasteiger partial charge on any atom is -0.306 e. The number of sulfone groups is 1. The number of halogens is 1. The molecule has 2 heterocycles. The van der Waals surface area contributed by atoms with Crippen LogP contribution in [0.2, 0.25) is 5.02 Å². The van der Waals surface area contributed by atoms with E-state index >= 15 is 0 Å². The highest BCUT2D eigenvalue weighted by Gasteiger charge is 2.33. The first kappa shape index (κ1) is 18.7. The molecule has 3 aromatic rings. The summed E-state index contributed by atoms with van der Waals surface area (Å²) in [5.41, 5.74) is 4.28. The van der Waals surface area contributed by atoms with Crippen LogP contribution in [0.4, 0.5) is 5.82 Å². The third kappa shape index (κ3) is 3.43. The largest absolute Gasteiger partial charge is 0.306 e. The molecule has 0 saturated heterocycles. The van der Waals surface area contributed by atoms with Crippen LogP contribution < -0.4 is 5.32 Å². The summed E-state index contributed by atoms with van der Waals surface area (Å²) in [6.07, 6.45) is 0. The third-order valence-electron chi connectivity index (χ3n) is 4.86. The van der Waals surface area contributed by atoms with Gasteiger partial charge in [0, 0.05) is 16.1 Å². The van der Waals surface area contributed by atoms with Crippen molar-refractivity contribution < 1.29 is 13.2 Å². The summed E-state index contributed by atoms with van der Waals surface area (Å²) in [4.78, 5) is 12.9. The number of aromatic nitrogens is 2. The number of carbonyl (C=O) groups excluding carboxylic acids is 1. The van der Waals surface area contributed by atoms with Gasteiger partial charge >= 0.3 is 0 Å². The number of nitrogens with one attached hydrogen (secondary N) is 1. The molecule has 1 amide bonds. The van der Waals surface area contributed by atoms with Gasteiger partial charge in [-0.25, -0.2) is 13.1 Å². The van der Waals surface area contributed by atoms with Gasteiger partial charge in [0.2, 0.25) is 0 Å². The lowest BCUT2D eigenvalue weighted by Crippen LogP contribution is -2.17. The molecule has 1 N–H and O–H groups in total. The highest BCUT2D eigenvalue weighted by molar-refractivity contribution is 7.90. The maximum absolute atomic E-state index is 12.9. The molecule has 0 spiro atoms. The molecule has 8 heteroatoms. The average Bonchev–Trinajstić information content (AvgIpc) is 3.10. The Balaban J connectivity index is 1.77. The van der Waals surface area contributed by atoms with Crippen LogP contribution in [0.1, 0.15) is 32.7 Å². The van der Waals surface area contributed by atoms with Crippen molar-refractivity contribution in [1.29, 1.82) is 0 Å². The number of fused-ring (bicyclic) bond motifs is 1. The van der Waals surface area contributed by atoms with Crippen molar-refractivity contribution in [3.63, 3.8) is 0 Å². The van der Waals surface area contributed by atoms with Gasteiger partial charge in [0.05, 0.1) is 22.9 Å². The van der Waals surface area contributed by atoms with Gasteiger partial charge < -0.3 is 5.32 Å². The van der Waals surface area contributed by atoms with Crippen LogP contribution in [0.3, 0.4) is 0 Å². The molecule has 144 valence electrons. The number of benzene rings is 2. The van der Waals surface area contributed by atoms with Crippen LogP contribution in [0.5, 0.6) is 0 Å². The molecule has 1 aliphatic rings. The van der Waals surface area contributed by atoms with Gasteiger partial charge in [0.25, 0.3) is 5.91 Å². The molecule has 0 radical (unpaired) electrons. The maximum Gasteiger partial charge on any atom is 0.256 e. The second kappa shape index (κ2) is 6.76. The fraction of sp³-hybridized carbons (Fsp3) is 0.200. The number of carbonyl (C=O) groups is 1. The van der Waals surface area contributed by atoms with Crippen molar-refractivity contribution in [2.45, 2.75) is 25.4 Å². The molecular formula is C20H18ClN3O3S. The first-order valence-corrected chi connectivity index (χ1v) is 10.9. The molecule has 0 atom stereocenters. The van der Waals surface area contributed by atoms with E-state index in [0.717, 1.165) is 11.1 Å².